The third-order valence-electron chi connectivity index (χ3n) is 6.18. The van der Waals surface area contributed by atoms with Crippen LogP contribution in [0.4, 0.5) is 5.82 Å². The standard InChI is InChI=1S/C28H27N3O2/c1-20-27(25-15-7-6-14-24(25)22-11-4-3-5-12-22)28-30(16-9-17-31(28)29-20)26(32)19-21-10-8-13-23(18-21)33-2/h3-8,10-15,18H,9,16-17,19H2,1-2H3. The zero-order valence-electron chi connectivity index (χ0n) is 19.0. The maximum Gasteiger partial charge on any atom is 0.232 e. The summed E-state index contributed by atoms with van der Waals surface area (Å²) < 4.78 is 7.33. The highest BCUT2D eigenvalue weighted by atomic mass is 16.5. The van der Waals surface area contributed by atoms with Crippen molar-refractivity contribution in [3.63, 3.8) is 0 Å². The molecule has 0 fully saturated rings. The van der Waals surface area contributed by atoms with Crippen molar-refractivity contribution in [2.24, 2.45) is 0 Å². The van der Waals surface area contributed by atoms with Gasteiger partial charge in [0.15, 0.2) is 0 Å². The summed E-state index contributed by atoms with van der Waals surface area (Å²) in [6, 6.07) is 26.5. The first-order chi connectivity index (χ1) is 16.2. The Hall–Kier alpha value is -3.86. The van der Waals surface area contributed by atoms with Gasteiger partial charge in [0.1, 0.15) is 11.6 Å². The number of carbonyl (C=O) groups excluding carboxylic acids is 1. The Balaban J connectivity index is 1.57. The molecule has 5 heteroatoms. The largest absolute Gasteiger partial charge is 0.497 e. The summed E-state index contributed by atoms with van der Waals surface area (Å²) in [5, 5.41) is 4.83. The first-order valence-corrected chi connectivity index (χ1v) is 11.3. The number of fused-ring (bicyclic) bond motifs is 1. The number of nitrogens with zero attached hydrogens (tertiary/aromatic N) is 3. The molecule has 0 atom stereocenters. The molecule has 4 aromatic rings. The van der Waals surface area contributed by atoms with Gasteiger partial charge in [-0.05, 0) is 47.7 Å². The van der Waals surface area contributed by atoms with Crippen molar-refractivity contribution in [3.05, 3.63) is 90.1 Å². The number of methoxy groups -OCH3 is 1. The Labute approximate surface area is 194 Å². The van der Waals surface area contributed by atoms with Gasteiger partial charge in [-0.15, -0.1) is 0 Å². The first kappa shape index (κ1) is 21.0. The molecule has 166 valence electrons. The Morgan fingerprint density at radius 3 is 2.48 bits per heavy atom. The fraction of sp³-hybridized carbons (Fsp3) is 0.214. The van der Waals surface area contributed by atoms with Crippen LogP contribution < -0.4 is 9.64 Å². The number of rotatable bonds is 5. The van der Waals surface area contributed by atoms with E-state index in [1.807, 2.05) is 46.8 Å². The molecular weight excluding hydrogens is 410 g/mol. The van der Waals surface area contributed by atoms with Gasteiger partial charge in [-0.3, -0.25) is 9.69 Å². The van der Waals surface area contributed by atoms with Crippen LogP contribution in [0.15, 0.2) is 78.9 Å². The second-order valence-corrected chi connectivity index (χ2v) is 8.35. The molecule has 0 bridgehead atoms. The van der Waals surface area contributed by atoms with Gasteiger partial charge in [0, 0.05) is 18.7 Å². The average molecular weight is 438 g/mol. The minimum Gasteiger partial charge on any atom is -0.497 e. The monoisotopic (exact) mass is 437 g/mol. The second kappa shape index (κ2) is 8.94. The van der Waals surface area contributed by atoms with Gasteiger partial charge in [0.25, 0.3) is 0 Å². The summed E-state index contributed by atoms with van der Waals surface area (Å²) in [6.07, 6.45) is 1.21. The van der Waals surface area contributed by atoms with E-state index in [-0.39, 0.29) is 5.91 Å². The molecule has 0 saturated heterocycles. The number of ether oxygens (including phenoxy) is 1. The molecule has 0 aliphatic carbocycles. The number of anilines is 1. The summed E-state index contributed by atoms with van der Waals surface area (Å²) in [7, 11) is 1.64. The van der Waals surface area contributed by atoms with Gasteiger partial charge in [-0.1, -0.05) is 66.7 Å². The van der Waals surface area contributed by atoms with Crippen molar-refractivity contribution in [1.29, 1.82) is 0 Å². The van der Waals surface area contributed by atoms with Crippen LogP contribution in [0.1, 0.15) is 17.7 Å². The molecule has 2 heterocycles. The summed E-state index contributed by atoms with van der Waals surface area (Å²) in [5.41, 5.74) is 6.31. The van der Waals surface area contributed by atoms with Gasteiger partial charge in [-0.25, -0.2) is 4.68 Å². The van der Waals surface area contributed by atoms with E-state index >= 15 is 0 Å². The van der Waals surface area contributed by atoms with Crippen molar-refractivity contribution in [2.45, 2.75) is 26.3 Å². The van der Waals surface area contributed by atoms with Crippen molar-refractivity contribution >= 4 is 11.7 Å². The average Bonchev–Trinajstić information content (AvgIpc) is 3.20. The third kappa shape index (κ3) is 4.02. The van der Waals surface area contributed by atoms with Crippen LogP contribution in [0.2, 0.25) is 0 Å². The maximum absolute atomic E-state index is 13.5. The molecule has 0 spiro atoms. The molecule has 1 aliphatic rings. The van der Waals surface area contributed by atoms with Gasteiger partial charge in [0.05, 0.1) is 19.2 Å². The van der Waals surface area contributed by atoms with E-state index in [0.29, 0.717) is 13.0 Å². The van der Waals surface area contributed by atoms with Crippen LogP contribution in [-0.2, 0) is 17.8 Å². The molecule has 1 aliphatic heterocycles. The molecule has 0 saturated carbocycles. The summed E-state index contributed by atoms with van der Waals surface area (Å²) in [6.45, 7) is 3.54. The molecule has 5 rings (SSSR count). The minimum atomic E-state index is 0.0718. The van der Waals surface area contributed by atoms with E-state index in [9.17, 15) is 4.79 Å². The second-order valence-electron chi connectivity index (χ2n) is 8.35. The topological polar surface area (TPSA) is 47.4 Å². The molecular formula is C28H27N3O2. The smallest absolute Gasteiger partial charge is 0.232 e. The highest BCUT2D eigenvalue weighted by molar-refractivity contribution is 6.00. The van der Waals surface area contributed by atoms with Gasteiger partial charge < -0.3 is 4.74 Å². The lowest BCUT2D eigenvalue weighted by atomic mass is 9.94. The number of aryl methyl sites for hydroxylation is 2. The van der Waals surface area contributed by atoms with Crippen molar-refractivity contribution < 1.29 is 9.53 Å². The van der Waals surface area contributed by atoms with Crippen LogP contribution >= 0.6 is 0 Å². The number of aromatic nitrogens is 2. The van der Waals surface area contributed by atoms with E-state index in [1.165, 1.54) is 0 Å². The molecule has 1 amide bonds. The lowest BCUT2D eigenvalue weighted by Crippen LogP contribution is -2.38. The number of hydrogen-bond acceptors (Lipinski definition) is 3. The quantitative estimate of drug-likeness (QED) is 0.413. The predicted octanol–water partition coefficient (Wildman–Crippen LogP) is 5.51. The first-order valence-electron chi connectivity index (χ1n) is 11.3. The SMILES string of the molecule is COc1cccc(CC(=O)N2CCCn3nc(C)c(-c4ccccc4-c4ccccc4)c32)c1. The van der Waals surface area contributed by atoms with Crippen molar-refractivity contribution in [1.82, 2.24) is 9.78 Å². The molecule has 3 aromatic carbocycles. The lowest BCUT2D eigenvalue weighted by Gasteiger charge is -2.29. The van der Waals surface area contributed by atoms with Gasteiger partial charge in [0.2, 0.25) is 5.91 Å². The zero-order chi connectivity index (χ0) is 22.8. The van der Waals surface area contributed by atoms with Gasteiger partial charge >= 0.3 is 0 Å². The summed E-state index contributed by atoms with van der Waals surface area (Å²) in [5.74, 6) is 1.73. The third-order valence-corrected chi connectivity index (χ3v) is 6.18. The molecule has 0 N–H and O–H groups in total. The van der Waals surface area contributed by atoms with Crippen molar-refractivity contribution in [2.75, 3.05) is 18.6 Å². The lowest BCUT2D eigenvalue weighted by molar-refractivity contribution is -0.118. The summed E-state index contributed by atoms with van der Waals surface area (Å²) in [4.78, 5) is 15.4. The highest BCUT2D eigenvalue weighted by Gasteiger charge is 2.30. The molecule has 1 aromatic heterocycles. The van der Waals surface area contributed by atoms with Crippen LogP contribution in [0.3, 0.4) is 0 Å². The number of amides is 1. The van der Waals surface area contributed by atoms with E-state index < -0.39 is 0 Å². The highest BCUT2D eigenvalue weighted by Crippen LogP contribution is 2.41. The van der Waals surface area contributed by atoms with Crippen LogP contribution in [0.25, 0.3) is 22.3 Å². The normalized spacial score (nSPS) is 13.0. The Bertz CT molecular complexity index is 1290. The van der Waals surface area contributed by atoms with E-state index in [0.717, 1.165) is 58.0 Å². The maximum atomic E-state index is 13.5. The van der Waals surface area contributed by atoms with Crippen molar-refractivity contribution in [3.8, 4) is 28.0 Å². The number of benzene rings is 3. The Morgan fingerprint density at radius 2 is 1.70 bits per heavy atom. The predicted molar refractivity (Wildman–Crippen MR) is 132 cm³/mol. The van der Waals surface area contributed by atoms with E-state index in [2.05, 4.69) is 48.5 Å². The van der Waals surface area contributed by atoms with Crippen LogP contribution in [0.5, 0.6) is 5.75 Å². The molecule has 5 nitrogen and oxygen atoms in total. The minimum absolute atomic E-state index is 0.0718. The fourth-order valence-corrected chi connectivity index (χ4v) is 4.67. The molecule has 0 radical (unpaired) electrons. The molecule has 0 unspecified atom stereocenters. The van der Waals surface area contributed by atoms with Crippen LogP contribution in [-0.4, -0.2) is 29.3 Å². The Morgan fingerprint density at radius 1 is 0.939 bits per heavy atom. The molecule has 33 heavy (non-hydrogen) atoms. The van der Waals surface area contributed by atoms with Crippen LogP contribution in [0, 0.1) is 6.92 Å². The van der Waals surface area contributed by atoms with E-state index in [1.54, 1.807) is 7.11 Å². The fourth-order valence-electron chi connectivity index (χ4n) is 4.67. The van der Waals surface area contributed by atoms with Gasteiger partial charge in [-0.2, -0.15) is 5.10 Å². The zero-order valence-corrected chi connectivity index (χ0v) is 19.0. The number of hydrogen-bond donors (Lipinski definition) is 0. The Kier molecular flexibility index (Phi) is 5.69. The van der Waals surface area contributed by atoms with E-state index in [4.69, 9.17) is 9.84 Å². The summed E-state index contributed by atoms with van der Waals surface area (Å²) >= 11 is 0. The number of carbonyl (C=O) groups is 1.